The van der Waals surface area contributed by atoms with Crippen molar-refractivity contribution in [3.63, 3.8) is 0 Å². The fourth-order valence-corrected chi connectivity index (χ4v) is 7.68. The molecule has 45 heavy (non-hydrogen) atoms. The summed E-state index contributed by atoms with van der Waals surface area (Å²) in [5.41, 5.74) is 6.64. The second-order valence-electron chi connectivity index (χ2n) is 12.5. The van der Waals surface area contributed by atoms with Crippen molar-refractivity contribution in [1.82, 2.24) is 19.9 Å². The van der Waals surface area contributed by atoms with Crippen LogP contribution in [0.4, 0.5) is 14.6 Å². The van der Waals surface area contributed by atoms with Gasteiger partial charge in [-0.1, -0.05) is 13.0 Å². The van der Waals surface area contributed by atoms with E-state index in [0.29, 0.717) is 65.8 Å². The molecule has 11 heteroatoms. The number of aromatic nitrogens is 3. The van der Waals surface area contributed by atoms with Gasteiger partial charge in [-0.25, -0.2) is 13.8 Å². The van der Waals surface area contributed by atoms with E-state index >= 15 is 8.78 Å². The minimum atomic E-state index is -0.745. The van der Waals surface area contributed by atoms with Gasteiger partial charge in [-0.05, 0) is 105 Å². The van der Waals surface area contributed by atoms with Crippen molar-refractivity contribution < 1.29 is 23.7 Å². The highest BCUT2D eigenvalue weighted by Gasteiger charge is 2.45. The maximum Gasteiger partial charge on any atom is 0.319 e. The highest BCUT2D eigenvalue weighted by molar-refractivity contribution is 6.03. The number of β-amino-alcohol motifs (C(OH)–C–C–N with tert-alkyl or cyclic N) is 1. The predicted molar refractivity (Wildman–Crippen MR) is 170 cm³/mol. The summed E-state index contributed by atoms with van der Waals surface area (Å²) in [6.07, 6.45) is 8.32. The SMILES string of the molecule is CCc1c(F)ccc2cc(O)cc(-c3nc(/C=C\N)c4c(N5CCCC(O)C5)nc(OCC56CCCN5CCC6)nc4c3F)c12. The third-order valence-corrected chi connectivity index (χ3v) is 9.77. The Kier molecular flexibility index (Phi) is 7.69. The molecule has 2 aromatic carbocycles. The number of anilines is 1. The van der Waals surface area contributed by atoms with Gasteiger partial charge in [0.1, 0.15) is 35.2 Å². The van der Waals surface area contributed by atoms with Crippen LogP contribution in [0.25, 0.3) is 39.0 Å². The third kappa shape index (κ3) is 5.11. The second kappa shape index (κ2) is 11.7. The first kappa shape index (κ1) is 29.6. The molecule has 4 N–H and O–H groups in total. The number of pyridine rings is 1. The largest absolute Gasteiger partial charge is 0.508 e. The van der Waals surface area contributed by atoms with Gasteiger partial charge in [0, 0.05) is 18.7 Å². The Morgan fingerprint density at radius 1 is 1.07 bits per heavy atom. The van der Waals surface area contributed by atoms with E-state index < -0.39 is 17.7 Å². The number of piperidine rings is 1. The average molecular weight is 617 g/mol. The zero-order chi connectivity index (χ0) is 31.3. The maximum absolute atomic E-state index is 17.0. The third-order valence-electron chi connectivity index (χ3n) is 9.77. The Balaban J connectivity index is 1.46. The fourth-order valence-electron chi connectivity index (χ4n) is 7.68. The van der Waals surface area contributed by atoms with Crippen LogP contribution >= 0.6 is 0 Å². The van der Waals surface area contributed by atoms with Crippen LogP contribution in [0.15, 0.2) is 30.5 Å². The van der Waals surface area contributed by atoms with Crippen molar-refractivity contribution in [2.24, 2.45) is 5.73 Å². The molecule has 3 aliphatic heterocycles. The Morgan fingerprint density at radius 3 is 2.60 bits per heavy atom. The van der Waals surface area contributed by atoms with Crippen molar-refractivity contribution in [2.45, 2.75) is 63.5 Å². The zero-order valence-electron chi connectivity index (χ0n) is 25.4. The summed E-state index contributed by atoms with van der Waals surface area (Å²) in [7, 11) is 0. The molecule has 0 radical (unpaired) electrons. The Bertz CT molecular complexity index is 1810. The maximum atomic E-state index is 17.0. The first-order valence-corrected chi connectivity index (χ1v) is 15.9. The van der Waals surface area contributed by atoms with Crippen molar-refractivity contribution in [2.75, 3.05) is 37.7 Å². The molecule has 7 rings (SSSR count). The number of nitrogens with zero attached hydrogens (tertiary/aromatic N) is 5. The molecule has 0 amide bonds. The lowest BCUT2D eigenvalue weighted by Gasteiger charge is -2.33. The Hall–Kier alpha value is -4.09. The Labute approximate surface area is 260 Å². The molecule has 1 atom stereocenters. The lowest BCUT2D eigenvalue weighted by molar-refractivity contribution is 0.107. The number of hydrogen-bond acceptors (Lipinski definition) is 9. The van der Waals surface area contributed by atoms with Gasteiger partial charge in [0.2, 0.25) is 0 Å². The number of benzene rings is 2. The number of aromatic hydroxyl groups is 1. The van der Waals surface area contributed by atoms with Crippen molar-refractivity contribution in [3.8, 4) is 23.0 Å². The van der Waals surface area contributed by atoms with E-state index in [4.69, 9.17) is 20.4 Å². The molecular weight excluding hydrogens is 578 g/mol. The summed E-state index contributed by atoms with van der Waals surface area (Å²) >= 11 is 0. The van der Waals surface area contributed by atoms with E-state index in [1.165, 1.54) is 24.4 Å². The molecule has 3 aliphatic rings. The number of aryl methyl sites for hydroxylation is 1. The van der Waals surface area contributed by atoms with E-state index in [2.05, 4.69) is 9.88 Å². The van der Waals surface area contributed by atoms with Crippen molar-refractivity contribution >= 4 is 33.6 Å². The number of rotatable bonds is 7. The van der Waals surface area contributed by atoms with Crippen LogP contribution in [0.2, 0.25) is 0 Å². The van der Waals surface area contributed by atoms with Crippen LogP contribution in [0.3, 0.4) is 0 Å². The number of phenolic OH excluding ortho intramolecular Hbond substituents is 1. The molecule has 3 fully saturated rings. The van der Waals surface area contributed by atoms with Gasteiger partial charge < -0.3 is 25.6 Å². The second-order valence-corrected chi connectivity index (χ2v) is 12.5. The van der Waals surface area contributed by atoms with Crippen LogP contribution in [0.1, 0.15) is 56.7 Å². The predicted octanol–water partition coefficient (Wildman–Crippen LogP) is 5.29. The average Bonchev–Trinajstić information content (AvgIpc) is 3.62. The number of aliphatic hydroxyl groups excluding tert-OH is 1. The van der Waals surface area contributed by atoms with E-state index in [1.807, 2.05) is 11.8 Å². The molecule has 0 spiro atoms. The number of phenols is 1. The molecular formula is C34H38F2N6O3. The normalized spacial score (nSPS) is 20.1. The fraction of sp³-hybridized carbons (Fsp3) is 0.441. The van der Waals surface area contributed by atoms with Gasteiger partial charge in [0.15, 0.2) is 5.82 Å². The van der Waals surface area contributed by atoms with E-state index in [0.717, 1.165) is 45.2 Å². The molecule has 4 aromatic rings. The smallest absolute Gasteiger partial charge is 0.319 e. The van der Waals surface area contributed by atoms with E-state index in [-0.39, 0.29) is 34.1 Å². The minimum Gasteiger partial charge on any atom is -0.508 e. The van der Waals surface area contributed by atoms with Gasteiger partial charge in [0.25, 0.3) is 0 Å². The quantitative estimate of drug-likeness (QED) is 0.254. The zero-order valence-corrected chi connectivity index (χ0v) is 25.4. The van der Waals surface area contributed by atoms with Crippen LogP contribution in [0, 0.1) is 11.6 Å². The molecule has 5 heterocycles. The monoisotopic (exact) mass is 616 g/mol. The lowest BCUT2D eigenvalue weighted by Crippen LogP contribution is -2.43. The van der Waals surface area contributed by atoms with Gasteiger partial charge in [-0.3, -0.25) is 4.90 Å². The van der Waals surface area contributed by atoms with Crippen LogP contribution in [-0.4, -0.2) is 74.5 Å². The van der Waals surface area contributed by atoms with Crippen molar-refractivity contribution in [1.29, 1.82) is 0 Å². The van der Waals surface area contributed by atoms with Crippen LogP contribution in [0.5, 0.6) is 11.8 Å². The van der Waals surface area contributed by atoms with Crippen molar-refractivity contribution in [3.05, 3.63) is 53.4 Å². The highest BCUT2D eigenvalue weighted by atomic mass is 19.1. The highest BCUT2D eigenvalue weighted by Crippen LogP contribution is 2.42. The van der Waals surface area contributed by atoms with Crippen LogP contribution < -0.4 is 15.4 Å². The van der Waals surface area contributed by atoms with Gasteiger partial charge in [-0.15, -0.1) is 0 Å². The van der Waals surface area contributed by atoms with Gasteiger partial charge >= 0.3 is 6.01 Å². The molecule has 3 saturated heterocycles. The van der Waals surface area contributed by atoms with E-state index in [9.17, 15) is 10.2 Å². The summed E-state index contributed by atoms with van der Waals surface area (Å²) in [6, 6.07) is 5.89. The number of hydrogen-bond donors (Lipinski definition) is 3. The van der Waals surface area contributed by atoms with Crippen LogP contribution in [-0.2, 0) is 6.42 Å². The Morgan fingerprint density at radius 2 is 1.87 bits per heavy atom. The molecule has 1 unspecified atom stereocenters. The molecule has 9 nitrogen and oxygen atoms in total. The number of ether oxygens (including phenoxy) is 1. The summed E-state index contributed by atoms with van der Waals surface area (Å²) < 4.78 is 38.4. The molecule has 0 aliphatic carbocycles. The summed E-state index contributed by atoms with van der Waals surface area (Å²) in [5.74, 6) is -0.857. The van der Waals surface area contributed by atoms with Gasteiger partial charge in [-0.2, -0.15) is 9.97 Å². The number of nitrogens with two attached hydrogens (primary N) is 1. The lowest BCUT2D eigenvalue weighted by atomic mass is 9.94. The topological polar surface area (TPSA) is 121 Å². The first-order chi connectivity index (χ1) is 21.8. The standard InChI is InChI=1S/C34H38F2N6O3/c1-2-23-25(35)8-7-20-16-22(44)17-24(27(20)23)30-29(36)31-28(26(38-30)9-12-37)32(41-13-3-6-21(43)18-41)40-33(39-31)45-19-34-10-4-14-42(34)15-5-11-34/h7-9,12,16-17,21,43-44H,2-6,10-11,13-15,18-19,37H2,1H3/b12-9-. The van der Waals surface area contributed by atoms with Gasteiger partial charge in [0.05, 0.1) is 22.7 Å². The molecule has 2 aromatic heterocycles. The summed E-state index contributed by atoms with van der Waals surface area (Å²) in [6.45, 7) is 5.21. The molecule has 0 bridgehead atoms. The number of fused-ring (bicyclic) bond motifs is 3. The molecule has 0 saturated carbocycles. The first-order valence-electron chi connectivity index (χ1n) is 15.9. The number of aliphatic hydroxyl groups is 1. The minimum absolute atomic E-state index is 0.0219. The summed E-state index contributed by atoms with van der Waals surface area (Å²) in [5, 5.41) is 22.6. The summed E-state index contributed by atoms with van der Waals surface area (Å²) in [4.78, 5) is 18.6. The number of halogens is 2. The molecule has 236 valence electrons. The van der Waals surface area contributed by atoms with E-state index in [1.54, 1.807) is 12.1 Å².